The Hall–Kier alpha value is -0.580. The van der Waals surface area contributed by atoms with Crippen LogP contribution < -0.4 is 5.32 Å². The Balaban J connectivity index is 1.96. The summed E-state index contributed by atoms with van der Waals surface area (Å²) in [6.45, 7) is 10.2. The fourth-order valence-corrected chi connectivity index (χ4v) is 3.31. The maximum absolute atomic E-state index is 6.38. The van der Waals surface area contributed by atoms with Gasteiger partial charge in [-0.15, -0.1) is 0 Å². The Kier molecular flexibility index (Phi) is 4.77. The van der Waals surface area contributed by atoms with Crippen molar-refractivity contribution in [1.29, 1.82) is 0 Å². The molecule has 1 heterocycles. The Bertz CT molecular complexity index is 470. The molecule has 0 saturated heterocycles. The fourth-order valence-electron chi connectivity index (χ4n) is 2.95. The van der Waals surface area contributed by atoms with Gasteiger partial charge in [0.1, 0.15) is 0 Å². The van der Waals surface area contributed by atoms with Crippen molar-refractivity contribution in [3.63, 3.8) is 0 Å². The molecule has 2 atom stereocenters. The molecule has 1 aliphatic carbocycles. The molecule has 0 aliphatic heterocycles. The van der Waals surface area contributed by atoms with Crippen molar-refractivity contribution >= 4 is 11.6 Å². The summed E-state index contributed by atoms with van der Waals surface area (Å²) in [7, 11) is 1.96. The van der Waals surface area contributed by atoms with Crippen LogP contribution in [0.4, 0.5) is 0 Å². The molecule has 1 aromatic heterocycles. The number of halogens is 1. The van der Waals surface area contributed by atoms with Crippen LogP contribution in [0.1, 0.15) is 45.5 Å². The van der Waals surface area contributed by atoms with Gasteiger partial charge in [-0.25, -0.2) is 0 Å². The van der Waals surface area contributed by atoms with Crippen molar-refractivity contribution < 1.29 is 4.74 Å². The van der Waals surface area contributed by atoms with Crippen LogP contribution in [0.5, 0.6) is 0 Å². The maximum Gasteiger partial charge on any atom is 0.0863 e. The Morgan fingerprint density at radius 3 is 2.65 bits per heavy atom. The van der Waals surface area contributed by atoms with Gasteiger partial charge in [0.15, 0.2) is 0 Å². The van der Waals surface area contributed by atoms with Gasteiger partial charge < -0.3 is 10.1 Å². The number of nitrogens with one attached hydrogen (secondary N) is 1. The summed E-state index contributed by atoms with van der Waals surface area (Å²) in [6, 6.07) is 0.468. The molecule has 4 nitrogen and oxygen atoms in total. The standard InChI is InChI=1S/C15H26ClN3O/c1-6-10-14(16)11(19(5)18-10)9-17-12-8-13(20-7-2)15(12,3)4/h12-13,17H,6-9H2,1-5H3. The van der Waals surface area contributed by atoms with E-state index in [0.717, 1.165) is 42.4 Å². The van der Waals surface area contributed by atoms with E-state index in [1.807, 2.05) is 11.7 Å². The lowest BCUT2D eigenvalue weighted by Crippen LogP contribution is -2.60. The van der Waals surface area contributed by atoms with Gasteiger partial charge in [0.25, 0.3) is 0 Å². The molecule has 5 heteroatoms. The number of rotatable bonds is 6. The van der Waals surface area contributed by atoms with E-state index in [0.29, 0.717) is 12.1 Å². The van der Waals surface area contributed by atoms with Gasteiger partial charge >= 0.3 is 0 Å². The van der Waals surface area contributed by atoms with E-state index in [9.17, 15) is 0 Å². The summed E-state index contributed by atoms with van der Waals surface area (Å²) in [4.78, 5) is 0. The molecule has 0 radical (unpaired) electrons. The highest BCUT2D eigenvalue weighted by Crippen LogP contribution is 2.42. The molecule has 114 valence electrons. The third-order valence-corrected chi connectivity index (χ3v) is 5.00. The van der Waals surface area contributed by atoms with Gasteiger partial charge in [-0.05, 0) is 19.8 Å². The molecule has 1 aromatic rings. The summed E-state index contributed by atoms with van der Waals surface area (Å²) in [5.41, 5.74) is 2.22. The molecule has 0 amide bonds. The monoisotopic (exact) mass is 299 g/mol. The minimum atomic E-state index is 0.175. The topological polar surface area (TPSA) is 39.1 Å². The predicted molar refractivity (Wildman–Crippen MR) is 82.0 cm³/mol. The molecule has 1 N–H and O–H groups in total. The lowest BCUT2D eigenvalue weighted by Gasteiger charge is -2.52. The van der Waals surface area contributed by atoms with Gasteiger partial charge in [0.05, 0.1) is 22.5 Å². The number of aryl methyl sites for hydroxylation is 2. The van der Waals surface area contributed by atoms with Crippen molar-refractivity contribution in [1.82, 2.24) is 15.1 Å². The van der Waals surface area contributed by atoms with Crippen molar-refractivity contribution in [3.8, 4) is 0 Å². The predicted octanol–water partition coefficient (Wildman–Crippen LogP) is 2.93. The highest BCUT2D eigenvalue weighted by Gasteiger charge is 2.48. The minimum absolute atomic E-state index is 0.175. The van der Waals surface area contributed by atoms with E-state index < -0.39 is 0 Å². The first-order chi connectivity index (χ1) is 9.41. The summed E-state index contributed by atoms with van der Waals surface area (Å²) < 4.78 is 7.65. The van der Waals surface area contributed by atoms with Crippen molar-refractivity contribution in [2.24, 2.45) is 12.5 Å². The SMILES string of the molecule is CCOC1CC(NCc2c(Cl)c(CC)nn2C)C1(C)C. The average molecular weight is 300 g/mol. The van der Waals surface area contributed by atoms with E-state index >= 15 is 0 Å². The number of hydrogen-bond acceptors (Lipinski definition) is 3. The minimum Gasteiger partial charge on any atom is -0.378 e. The first-order valence-corrected chi connectivity index (χ1v) is 7.84. The second kappa shape index (κ2) is 6.04. The van der Waals surface area contributed by atoms with Crippen LogP contribution in [0.2, 0.25) is 5.02 Å². The number of hydrogen-bond donors (Lipinski definition) is 1. The van der Waals surface area contributed by atoms with E-state index in [1.54, 1.807) is 0 Å². The third-order valence-electron chi connectivity index (χ3n) is 4.56. The summed E-state index contributed by atoms with van der Waals surface area (Å²) in [5, 5.41) is 8.87. The van der Waals surface area contributed by atoms with E-state index in [2.05, 4.69) is 38.1 Å². The fraction of sp³-hybridized carbons (Fsp3) is 0.800. The van der Waals surface area contributed by atoms with Crippen LogP contribution in [0.3, 0.4) is 0 Å². The van der Waals surface area contributed by atoms with Crippen LogP contribution in [0.25, 0.3) is 0 Å². The van der Waals surface area contributed by atoms with Gasteiger partial charge in [-0.3, -0.25) is 4.68 Å². The smallest absolute Gasteiger partial charge is 0.0863 e. The van der Waals surface area contributed by atoms with Gasteiger partial charge in [-0.1, -0.05) is 32.4 Å². The molecule has 20 heavy (non-hydrogen) atoms. The molecule has 2 rings (SSSR count). The van der Waals surface area contributed by atoms with Crippen LogP contribution in [0.15, 0.2) is 0 Å². The Morgan fingerprint density at radius 1 is 1.45 bits per heavy atom. The normalized spacial score (nSPS) is 24.7. The molecule has 0 bridgehead atoms. The van der Waals surface area contributed by atoms with Crippen LogP contribution in [-0.2, 0) is 24.8 Å². The lowest BCUT2D eigenvalue weighted by molar-refractivity contribution is -0.114. The van der Waals surface area contributed by atoms with Gasteiger partial charge in [-0.2, -0.15) is 5.10 Å². The molecule has 2 unspecified atom stereocenters. The third kappa shape index (κ3) is 2.74. The lowest BCUT2D eigenvalue weighted by atomic mass is 9.64. The highest BCUT2D eigenvalue weighted by molar-refractivity contribution is 6.31. The first kappa shape index (κ1) is 15.8. The van der Waals surface area contributed by atoms with Crippen molar-refractivity contribution in [3.05, 3.63) is 16.4 Å². The average Bonchev–Trinajstić information content (AvgIpc) is 2.68. The summed E-state index contributed by atoms with van der Waals surface area (Å²) >= 11 is 6.38. The second-order valence-electron chi connectivity index (χ2n) is 6.12. The van der Waals surface area contributed by atoms with Crippen molar-refractivity contribution in [2.75, 3.05) is 6.61 Å². The largest absolute Gasteiger partial charge is 0.378 e. The van der Waals surface area contributed by atoms with Crippen LogP contribution >= 0.6 is 11.6 Å². The van der Waals surface area contributed by atoms with E-state index in [4.69, 9.17) is 16.3 Å². The molecule has 1 aliphatic rings. The molecule has 1 saturated carbocycles. The zero-order valence-electron chi connectivity index (χ0n) is 13.2. The number of ether oxygens (including phenoxy) is 1. The second-order valence-corrected chi connectivity index (χ2v) is 6.50. The quantitative estimate of drug-likeness (QED) is 0.878. The van der Waals surface area contributed by atoms with E-state index in [1.165, 1.54) is 0 Å². The molecule has 1 fully saturated rings. The van der Waals surface area contributed by atoms with Crippen molar-refractivity contribution in [2.45, 2.75) is 59.2 Å². The molecule has 0 spiro atoms. The van der Waals surface area contributed by atoms with E-state index in [-0.39, 0.29) is 5.41 Å². The zero-order valence-corrected chi connectivity index (χ0v) is 13.9. The van der Waals surface area contributed by atoms with Crippen LogP contribution in [-0.4, -0.2) is 28.5 Å². The molecule has 0 aromatic carbocycles. The number of nitrogens with zero attached hydrogens (tertiary/aromatic N) is 2. The first-order valence-electron chi connectivity index (χ1n) is 7.47. The van der Waals surface area contributed by atoms with Gasteiger partial charge in [0, 0.05) is 31.7 Å². The summed E-state index contributed by atoms with van der Waals surface area (Å²) in [6.07, 6.45) is 2.29. The Morgan fingerprint density at radius 2 is 2.15 bits per heavy atom. The number of aromatic nitrogens is 2. The summed E-state index contributed by atoms with van der Waals surface area (Å²) in [5.74, 6) is 0. The zero-order chi connectivity index (χ0) is 14.9. The van der Waals surface area contributed by atoms with Gasteiger partial charge in [0.2, 0.25) is 0 Å². The Labute approximate surface area is 126 Å². The molecular weight excluding hydrogens is 274 g/mol. The molecular formula is C15H26ClN3O. The highest BCUT2D eigenvalue weighted by atomic mass is 35.5. The maximum atomic E-state index is 6.38. The van der Waals surface area contributed by atoms with Crippen LogP contribution in [0, 0.1) is 5.41 Å².